The van der Waals surface area contributed by atoms with Gasteiger partial charge in [0.1, 0.15) is 17.1 Å². The summed E-state index contributed by atoms with van der Waals surface area (Å²) < 4.78 is 6.08. The molecule has 1 aromatic carbocycles. The van der Waals surface area contributed by atoms with Gasteiger partial charge in [0.05, 0.1) is 0 Å². The van der Waals surface area contributed by atoms with Crippen LogP contribution in [-0.2, 0) is 6.42 Å². The van der Waals surface area contributed by atoms with Gasteiger partial charge in [0, 0.05) is 12.1 Å². The third-order valence-electron chi connectivity index (χ3n) is 4.02. The van der Waals surface area contributed by atoms with Crippen LogP contribution in [0.1, 0.15) is 35.6 Å². The van der Waals surface area contributed by atoms with E-state index in [4.69, 9.17) is 10.5 Å². The first kappa shape index (κ1) is 12.2. The normalized spacial score (nSPS) is 23.1. The highest BCUT2D eigenvalue weighted by atomic mass is 16.5. The molecule has 94 valence electrons. The monoisotopic (exact) mass is 235 g/mol. The van der Waals surface area contributed by atoms with Gasteiger partial charge in [-0.25, -0.2) is 0 Å². The molecular weight excluding hydrogens is 214 g/mol. The quantitative estimate of drug-likeness (QED) is 0.785. The van der Waals surface area contributed by atoms with Crippen LogP contribution >= 0.6 is 0 Å². The van der Waals surface area contributed by atoms with Crippen molar-refractivity contribution >= 4 is 0 Å². The zero-order chi connectivity index (χ0) is 12.8. The Balaban J connectivity index is 2.59. The van der Waals surface area contributed by atoms with E-state index in [2.05, 4.69) is 0 Å². The van der Waals surface area contributed by atoms with Gasteiger partial charge in [0.2, 0.25) is 0 Å². The lowest BCUT2D eigenvalue weighted by Gasteiger charge is -2.37. The standard InChI is InChI=1S/C14H21NO2/c1-8-9(2)13-11(10(3)12(8)16)5-6-14(4,7-15)17-13/h16H,5-7,15H2,1-4H3/t14-/m0/s1. The highest BCUT2D eigenvalue weighted by Gasteiger charge is 2.33. The summed E-state index contributed by atoms with van der Waals surface area (Å²) in [6.45, 7) is 8.44. The van der Waals surface area contributed by atoms with Crippen LogP contribution in [0.15, 0.2) is 0 Å². The Bertz CT molecular complexity index is 468. The molecule has 0 unspecified atom stereocenters. The molecule has 1 aliphatic rings. The van der Waals surface area contributed by atoms with Crippen molar-refractivity contribution in [1.29, 1.82) is 0 Å². The third-order valence-corrected chi connectivity index (χ3v) is 4.02. The molecule has 3 nitrogen and oxygen atoms in total. The van der Waals surface area contributed by atoms with E-state index >= 15 is 0 Å². The molecule has 1 aliphatic heterocycles. The van der Waals surface area contributed by atoms with E-state index in [1.54, 1.807) is 0 Å². The summed E-state index contributed by atoms with van der Waals surface area (Å²) in [7, 11) is 0. The predicted molar refractivity (Wildman–Crippen MR) is 68.7 cm³/mol. The van der Waals surface area contributed by atoms with E-state index < -0.39 is 0 Å². The van der Waals surface area contributed by atoms with Gasteiger partial charge in [-0.3, -0.25) is 0 Å². The average molecular weight is 235 g/mol. The van der Waals surface area contributed by atoms with E-state index in [-0.39, 0.29) is 5.60 Å². The van der Waals surface area contributed by atoms with E-state index in [1.807, 2.05) is 27.7 Å². The molecule has 0 spiro atoms. The van der Waals surface area contributed by atoms with Gasteiger partial charge in [-0.15, -0.1) is 0 Å². The molecule has 0 saturated heterocycles. The minimum atomic E-state index is -0.270. The number of fused-ring (bicyclic) bond motifs is 1. The second-order valence-electron chi connectivity index (χ2n) is 5.29. The zero-order valence-corrected chi connectivity index (χ0v) is 11.1. The average Bonchev–Trinajstić information content (AvgIpc) is 2.33. The molecule has 0 aliphatic carbocycles. The lowest BCUT2D eigenvalue weighted by molar-refractivity contribution is 0.0724. The van der Waals surface area contributed by atoms with Crippen LogP contribution in [0.25, 0.3) is 0 Å². The van der Waals surface area contributed by atoms with E-state index in [0.29, 0.717) is 12.3 Å². The molecule has 2 rings (SSSR count). The van der Waals surface area contributed by atoms with Crippen LogP contribution in [0, 0.1) is 20.8 Å². The summed E-state index contributed by atoms with van der Waals surface area (Å²) in [4.78, 5) is 0. The summed E-state index contributed by atoms with van der Waals surface area (Å²) >= 11 is 0. The number of hydrogen-bond acceptors (Lipinski definition) is 3. The minimum absolute atomic E-state index is 0.270. The van der Waals surface area contributed by atoms with Gasteiger partial charge < -0.3 is 15.6 Å². The number of phenols is 1. The molecule has 3 heteroatoms. The van der Waals surface area contributed by atoms with Gasteiger partial charge in [-0.2, -0.15) is 0 Å². The first-order valence-electron chi connectivity index (χ1n) is 6.10. The van der Waals surface area contributed by atoms with E-state index in [1.165, 1.54) is 0 Å². The first-order chi connectivity index (χ1) is 7.89. The third kappa shape index (κ3) is 1.78. The van der Waals surface area contributed by atoms with Crippen molar-refractivity contribution < 1.29 is 9.84 Å². The van der Waals surface area contributed by atoms with Crippen LogP contribution in [0.2, 0.25) is 0 Å². The van der Waals surface area contributed by atoms with Crippen molar-refractivity contribution in [3.63, 3.8) is 0 Å². The second kappa shape index (κ2) is 3.91. The van der Waals surface area contributed by atoms with Gasteiger partial charge in [-0.1, -0.05) is 0 Å². The fraction of sp³-hybridized carbons (Fsp3) is 0.571. The molecule has 0 saturated carbocycles. The maximum Gasteiger partial charge on any atom is 0.127 e. The van der Waals surface area contributed by atoms with Crippen molar-refractivity contribution in [1.82, 2.24) is 0 Å². The highest BCUT2D eigenvalue weighted by molar-refractivity contribution is 5.58. The molecule has 1 heterocycles. The van der Waals surface area contributed by atoms with Crippen LogP contribution in [0.5, 0.6) is 11.5 Å². The van der Waals surface area contributed by atoms with Crippen molar-refractivity contribution in [2.45, 2.75) is 46.1 Å². The van der Waals surface area contributed by atoms with Crippen molar-refractivity contribution in [2.24, 2.45) is 5.73 Å². The van der Waals surface area contributed by atoms with Crippen molar-refractivity contribution in [3.05, 3.63) is 22.3 Å². The summed E-state index contributed by atoms with van der Waals surface area (Å²) in [6.07, 6.45) is 1.82. The maximum atomic E-state index is 10.1. The molecule has 0 amide bonds. The van der Waals surface area contributed by atoms with Gasteiger partial charge in [-0.05, 0) is 57.2 Å². The molecular formula is C14H21NO2. The van der Waals surface area contributed by atoms with E-state index in [9.17, 15) is 5.11 Å². The summed E-state index contributed by atoms with van der Waals surface area (Å²) in [5.41, 5.74) is 9.52. The first-order valence-corrected chi connectivity index (χ1v) is 6.10. The van der Waals surface area contributed by atoms with Gasteiger partial charge in [0.15, 0.2) is 0 Å². The fourth-order valence-corrected chi connectivity index (χ4v) is 2.44. The number of aromatic hydroxyl groups is 1. The Morgan fingerprint density at radius 3 is 2.47 bits per heavy atom. The molecule has 0 radical (unpaired) electrons. The fourth-order valence-electron chi connectivity index (χ4n) is 2.44. The van der Waals surface area contributed by atoms with Gasteiger partial charge >= 0.3 is 0 Å². The topological polar surface area (TPSA) is 55.5 Å². The number of ether oxygens (including phenoxy) is 1. The SMILES string of the molecule is Cc1c(C)c2c(c(C)c1O)CC[C@@](C)(CN)O2. The number of phenolic OH excluding ortho intramolecular Hbond substituents is 1. The number of rotatable bonds is 1. The highest BCUT2D eigenvalue weighted by Crippen LogP contribution is 2.42. The largest absolute Gasteiger partial charge is 0.507 e. The lowest BCUT2D eigenvalue weighted by Crippen LogP contribution is -2.43. The van der Waals surface area contributed by atoms with E-state index in [0.717, 1.165) is 40.8 Å². The van der Waals surface area contributed by atoms with Crippen LogP contribution in [0.3, 0.4) is 0 Å². The number of benzene rings is 1. The number of nitrogens with two attached hydrogens (primary N) is 1. The second-order valence-corrected chi connectivity index (χ2v) is 5.29. The molecule has 0 bridgehead atoms. The minimum Gasteiger partial charge on any atom is -0.507 e. The van der Waals surface area contributed by atoms with Crippen molar-refractivity contribution in [2.75, 3.05) is 6.54 Å². The Labute approximate surface area is 103 Å². The van der Waals surface area contributed by atoms with Crippen LogP contribution in [0.4, 0.5) is 0 Å². The smallest absolute Gasteiger partial charge is 0.127 e. The Morgan fingerprint density at radius 1 is 1.24 bits per heavy atom. The molecule has 0 fully saturated rings. The predicted octanol–water partition coefficient (Wildman–Crippen LogP) is 2.36. The lowest BCUT2D eigenvalue weighted by atomic mass is 9.87. The molecule has 0 aromatic heterocycles. The Hall–Kier alpha value is -1.22. The molecule has 1 atom stereocenters. The van der Waals surface area contributed by atoms with Crippen LogP contribution < -0.4 is 10.5 Å². The van der Waals surface area contributed by atoms with Gasteiger partial charge in [0.25, 0.3) is 0 Å². The molecule has 1 aromatic rings. The zero-order valence-electron chi connectivity index (χ0n) is 11.1. The number of hydrogen-bond donors (Lipinski definition) is 2. The molecule has 3 N–H and O–H groups in total. The maximum absolute atomic E-state index is 10.1. The Kier molecular flexibility index (Phi) is 2.82. The van der Waals surface area contributed by atoms with Crippen molar-refractivity contribution in [3.8, 4) is 11.5 Å². The van der Waals surface area contributed by atoms with Crippen LogP contribution in [-0.4, -0.2) is 17.3 Å². The summed E-state index contributed by atoms with van der Waals surface area (Å²) in [5, 5.41) is 10.1. The Morgan fingerprint density at radius 2 is 1.88 bits per heavy atom. The summed E-state index contributed by atoms with van der Waals surface area (Å²) in [5.74, 6) is 1.33. The summed E-state index contributed by atoms with van der Waals surface area (Å²) in [6, 6.07) is 0. The molecule has 17 heavy (non-hydrogen) atoms.